The summed E-state index contributed by atoms with van der Waals surface area (Å²) in [6.07, 6.45) is 7.41. The molecule has 0 bridgehead atoms. The Kier molecular flexibility index (Phi) is 5.99. The van der Waals surface area contributed by atoms with Gasteiger partial charge in [0, 0.05) is 59.9 Å². The van der Waals surface area contributed by atoms with Crippen LogP contribution in [0.4, 0.5) is 4.79 Å². The van der Waals surface area contributed by atoms with Crippen LogP contribution in [0.3, 0.4) is 0 Å². The molecule has 0 unspecified atom stereocenters. The van der Waals surface area contributed by atoms with E-state index in [-0.39, 0.29) is 11.9 Å². The normalized spacial score (nSPS) is 15.7. The summed E-state index contributed by atoms with van der Waals surface area (Å²) >= 11 is 0. The minimum absolute atomic E-state index is 0.122. The average Bonchev–Trinajstić information content (AvgIpc) is 3.45. The number of para-hydroxylation sites is 1. The van der Waals surface area contributed by atoms with Crippen molar-refractivity contribution in [1.82, 2.24) is 34.1 Å². The third-order valence-electron chi connectivity index (χ3n) is 7.14. The van der Waals surface area contributed by atoms with Crippen molar-refractivity contribution in [2.75, 3.05) is 13.1 Å². The Labute approximate surface area is 218 Å². The van der Waals surface area contributed by atoms with Crippen LogP contribution in [0.15, 0.2) is 67.3 Å². The summed E-state index contributed by atoms with van der Waals surface area (Å²) in [5, 5.41) is 12.7. The molecule has 5 heterocycles. The second-order valence-electron chi connectivity index (χ2n) is 9.60. The van der Waals surface area contributed by atoms with E-state index in [1.165, 1.54) is 0 Å². The van der Waals surface area contributed by atoms with Gasteiger partial charge in [0.25, 0.3) is 5.91 Å². The lowest BCUT2D eigenvalue weighted by atomic mass is 10.0. The molecule has 1 aliphatic heterocycles. The van der Waals surface area contributed by atoms with Crippen molar-refractivity contribution in [1.29, 1.82) is 0 Å². The van der Waals surface area contributed by atoms with Gasteiger partial charge in [0.15, 0.2) is 0 Å². The number of aryl methyl sites for hydroxylation is 1. The quantitative estimate of drug-likeness (QED) is 0.370. The molecule has 1 aromatic carbocycles. The van der Waals surface area contributed by atoms with E-state index in [1.54, 1.807) is 29.6 Å². The Balaban J connectivity index is 1.37. The summed E-state index contributed by atoms with van der Waals surface area (Å²) in [5.74, 6) is -0.122. The second-order valence-corrected chi connectivity index (χ2v) is 9.60. The van der Waals surface area contributed by atoms with Crippen LogP contribution < -0.4 is 5.32 Å². The summed E-state index contributed by atoms with van der Waals surface area (Å²) in [6.45, 7) is 3.53. The number of nitrogens with one attached hydrogen (secondary N) is 1. The maximum atomic E-state index is 13.3. The minimum Gasteiger partial charge on any atom is -0.465 e. The summed E-state index contributed by atoms with van der Waals surface area (Å²) in [6, 6.07) is 13.7. The molecular formula is C28H27N7O3. The number of rotatable bonds is 5. The van der Waals surface area contributed by atoms with Crippen molar-refractivity contribution in [3.05, 3.63) is 84.2 Å². The highest BCUT2D eigenvalue weighted by molar-refractivity contribution is 5.95. The van der Waals surface area contributed by atoms with Crippen molar-refractivity contribution >= 4 is 28.6 Å². The maximum absolute atomic E-state index is 13.3. The minimum atomic E-state index is -1.07. The van der Waals surface area contributed by atoms with Crippen molar-refractivity contribution in [2.45, 2.75) is 32.4 Å². The lowest BCUT2D eigenvalue weighted by Crippen LogP contribution is -2.49. The van der Waals surface area contributed by atoms with E-state index in [2.05, 4.69) is 38.1 Å². The van der Waals surface area contributed by atoms with E-state index in [0.717, 1.165) is 46.5 Å². The molecule has 2 N–H and O–H groups in total. The zero-order valence-corrected chi connectivity index (χ0v) is 20.9. The zero-order valence-electron chi connectivity index (χ0n) is 20.9. The van der Waals surface area contributed by atoms with Gasteiger partial charge < -0.3 is 24.3 Å². The van der Waals surface area contributed by atoms with E-state index in [1.807, 2.05) is 35.7 Å². The largest absolute Gasteiger partial charge is 0.465 e. The standard InChI is InChI=1S/C28H27N7O3/c1-18-26(24-13-19-5-2-3-7-23(19)35(24)17-22-15-29-9-10-30-22)32-25-14-20(8-12-34(18)25)27(36)33-11-4-6-21(16-33)31-28(37)38/h2-3,5,7-10,12-15,21,31H,4,6,11,16-17H2,1H3,(H,37,38)/t21-/m1/s1. The fourth-order valence-corrected chi connectivity index (χ4v) is 5.33. The molecule has 2 amide bonds. The van der Waals surface area contributed by atoms with Crippen LogP contribution >= 0.6 is 0 Å². The molecule has 192 valence electrons. The summed E-state index contributed by atoms with van der Waals surface area (Å²) < 4.78 is 4.19. The number of piperidine rings is 1. The van der Waals surface area contributed by atoms with Crippen LogP contribution in [0.25, 0.3) is 27.9 Å². The van der Waals surface area contributed by atoms with Gasteiger partial charge in [-0.25, -0.2) is 9.78 Å². The van der Waals surface area contributed by atoms with Crippen LogP contribution in [0.5, 0.6) is 0 Å². The first-order chi connectivity index (χ1) is 18.5. The Morgan fingerprint density at radius 1 is 1.16 bits per heavy atom. The average molecular weight is 510 g/mol. The molecule has 5 aromatic rings. The number of fused-ring (bicyclic) bond motifs is 2. The molecule has 1 atom stereocenters. The molecule has 1 aliphatic rings. The van der Waals surface area contributed by atoms with E-state index in [9.17, 15) is 9.59 Å². The number of nitrogens with zero attached hydrogens (tertiary/aromatic N) is 6. The molecule has 1 saturated heterocycles. The third-order valence-corrected chi connectivity index (χ3v) is 7.14. The number of carboxylic acid groups (broad SMARTS) is 1. The number of hydrogen-bond donors (Lipinski definition) is 2. The van der Waals surface area contributed by atoms with Gasteiger partial charge in [0.05, 0.1) is 24.1 Å². The van der Waals surface area contributed by atoms with Crippen LogP contribution in [-0.4, -0.2) is 65.1 Å². The van der Waals surface area contributed by atoms with Gasteiger partial charge in [-0.3, -0.25) is 14.8 Å². The van der Waals surface area contributed by atoms with Gasteiger partial charge in [-0.1, -0.05) is 18.2 Å². The summed E-state index contributed by atoms with van der Waals surface area (Å²) in [5.41, 5.74) is 5.90. The number of aromatic nitrogens is 5. The van der Waals surface area contributed by atoms with Gasteiger partial charge >= 0.3 is 6.09 Å². The SMILES string of the molecule is Cc1c(-c2cc3ccccc3n2Cc2cnccn2)nc2cc(C(=O)N3CCC[C@@H](NC(=O)O)C3)ccn12. The molecule has 1 fully saturated rings. The van der Waals surface area contributed by atoms with Gasteiger partial charge in [-0.15, -0.1) is 0 Å². The number of amides is 2. The predicted octanol–water partition coefficient (Wildman–Crippen LogP) is 3.97. The smallest absolute Gasteiger partial charge is 0.404 e. The number of likely N-dealkylation sites (tertiary alicyclic amines) is 1. The summed E-state index contributed by atoms with van der Waals surface area (Å²) in [7, 11) is 0. The number of carbonyl (C=O) groups excluding carboxylic acids is 1. The zero-order chi connectivity index (χ0) is 26.2. The summed E-state index contributed by atoms with van der Waals surface area (Å²) in [4.78, 5) is 39.7. The fourth-order valence-electron chi connectivity index (χ4n) is 5.33. The lowest BCUT2D eigenvalue weighted by molar-refractivity contribution is 0.0692. The molecule has 38 heavy (non-hydrogen) atoms. The Morgan fingerprint density at radius 2 is 2.03 bits per heavy atom. The fraction of sp³-hybridized carbons (Fsp3) is 0.250. The molecule has 10 heteroatoms. The number of benzene rings is 1. The van der Waals surface area contributed by atoms with Crippen LogP contribution in [-0.2, 0) is 6.54 Å². The first kappa shape index (κ1) is 23.7. The van der Waals surface area contributed by atoms with E-state index in [0.29, 0.717) is 30.8 Å². The number of hydrogen-bond acceptors (Lipinski definition) is 5. The first-order valence-electron chi connectivity index (χ1n) is 12.6. The Bertz CT molecular complexity index is 1660. The highest BCUT2D eigenvalue weighted by Gasteiger charge is 2.26. The number of pyridine rings is 1. The number of carbonyl (C=O) groups is 2. The van der Waals surface area contributed by atoms with Crippen LogP contribution in [0.2, 0.25) is 0 Å². The lowest BCUT2D eigenvalue weighted by Gasteiger charge is -2.32. The van der Waals surface area contributed by atoms with Gasteiger partial charge in [-0.05, 0) is 44.0 Å². The molecule has 4 aromatic heterocycles. The van der Waals surface area contributed by atoms with Crippen molar-refractivity contribution in [3.63, 3.8) is 0 Å². The molecule has 0 spiro atoms. The first-order valence-corrected chi connectivity index (χ1v) is 12.6. The molecular weight excluding hydrogens is 482 g/mol. The van der Waals surface area contributed by atoms with Crippen LogP contribution in [0, 0.1) is 6.92 Å². The van der Waals surface area contributed by atoms with Gasteiger partial charge in [0.2, 0.25) is 0 Å². The topological polar surface area (TPSA) is 118 Å². The van der Waals surface area contributed by atoms with E-state index in [4.69, 9.17) is 10.1 Å². The number of imidazole rings is 1. The molecule has 0 radical (unpaired) electrons. The monoisotopic (exact) mass is 509 g/mol. The van der Waals surface area contributed by atoms with E-state index < -0.39 is 6.09 Å². The molecule has 0 saturated carbocycles. The molecule has 0 aliphatic carbocycles. The highest BCUT2D eigenvalue weighted by Crippen LogP contribution is 2.31. The Morgan fingerprint density at radius 3 is 2.84 bits per heavy atom. The third kappa shape index (κ3) is 4.34. The van der Waals surface area contributed by atoms with E-state index >= 15 is 0 Å². The van der Waals surface area contributed by atoms with Crippen LogP contribution in [0.1, 0.15) is 34.6 Å². The molecule has 10 nitrogen and oxygen atoms in total. The maximum Gasteiger partial charge on any atom is 0.404 e. The second kappa shape index (κ2) is 9.62. The molecule has 6 rings (SSSR count). The van der Waals surface area contributed by atoms with Gasteiger partial charge in [0.1, 0.15) is 11.3 Å². The van der Waals surface area contributed by atoms with Crippen molar-refractivity contribution in [3.8, 4) is 11.4 Å². The predicted molar refractivity (Wildman–Crippen MR) is 142 cm³/mol. The highest BCUT2D eigenvalue weighted by atomic mass is 16.4. The van der Waals surface area contributed by atoms with Crippen molar-refractivity contribution < 1.29 is 14.7 Å². The Hall–Kier alpha value is -4.73. The van der Waals surface area contributed by atoms with Crippen molar-refractivity contribution in [2.24, 2.45) is 0 Å². The van der Waals surface area contributed by atoms with Gasteiger partial charge in [-0.2, -0.15) is 0 Å².